The second-order valence-electron chi connectivity index (χ2n) is 5.80. The minimum atomic E-state index is -0.721. The number of likely N-dealkylation sites (tertiary alicyclic amines) is 1. The fourth-order valence-corrected chi connectivity index (χ4v) is 2.80. The number of benzene rings is 1. The number of amides is 1. The van der Waals surface area contributed by atoms with E-state index in [9.17, 15) is 14.0 Å². The fourth-order valence-electron chi connectivity index (χ4n) is 2.80. The highest BCUT2D eigenvalue weighted by molar-refractivity contribution is 5.81. The van der Waals surface area contributed by atoms with Gasteiger partial charge in [0.2, 0.25) is 0 Å². The molecule has 0 bridgehead atoms. The molecule has 5 nitrogen and oxygen atoms in total. The third-order valence-electron chi connectivity index (χ3n) is 4.18. The lowest BCUT2D eigenvalue weighted by molar-refractivity contribution is -0.152. The summed E-state index contributed by atoms with van der Waals surface area (Å²) in [5, 5.41) is 0. The number of halogens is 1. The maximum atomic E-state index is 13.7. The van der Waals surface area contributed by atoms with Crippen LogP contribution in [0, 0.1) is 11.7 Å². The van der Waals surface area contributed by atoms with Crippen LogP contribution >= 0.6 is 0 Å². The van der Waals surface area contributed by atoms with Gasteiger partial charge in [-0.1, -0.05) is 19.1 Å². The van der Waals surface area contributed by atoms with Crippen molar-refractivity contribution in [3.63, 3.8) is 0 Å². The first-order valence-corrected chi connectivity index (χ1v) is 8.43. The zero-order valence-corrected chi connectivity index (χ0v) is 14.2. The van der Waals surface area contributed by atoms with E-state index in [1.807, 2.05) is 6.92 Å². The van der Waals surface area contributed by atoms with Gasteiger partial charge in [0, 0.05) is 13.1 Å². The van der Waals surface area contributed by atoms with Gasteiger partial charge in [-0.05, 0) is 38.3 Å². The van der Waals surface area contributed by atoms with E-state index in [0.717, 1.165) is 0 Å². The molecule has 1 atom stereocenters. The summed E-state index contributed by atoms with van der Waals surface area (Å²) in [7, 11) is 0. The van der Waals surface area contributed by atoms with E-state index in [0.29, 0.717) is 39.0 Å². The molecule has 1 aliphatic rings. The molecule has 1 fully saturated rings. The smallest absolute Gasteiger partial charge is 0.309 e. The van der Waals surface area contributed by atoms with Crippen LogP contribution in [0.2, 0.25) is 0 Å². The number of para-hydroxylation sites is 1. The molecule has 132 valence electrons. The number of hydrogen-bond donors (Lipinski definition) is 0. The molecule has 0 aliphatic carbocycles. The molecule has 6 heteroatoms. The van der Waals surface area contributed by atoms with Gasteiger partial charge in [0.05, 0.1) is 12.5 Å². The Kier molecular flexibility index (Phi) is 6.58. The Hall–Kier alpha value is -2.11. The Morgan fingerprint density at radius 3 is 2.50 bits per heavy atom. The molecule has 0 saturated carbocycles. The van der Waals surface area contributed by atoms with Crippen molar-refractivity contribution in [2.75, 3.05) is 19.7 Å². The lowest BCUT2D eigenvalue weighted by atomic mass is 9.96. The molecule has 1 aliphatic heterocycles. The Morgan fingerprint density at radius 1 is 1.25 bits per heavy atom. The largest absolute Gasteiger partial charge is 0.478 e. The van der Waals surface area contributed by atoms with Gasteiger partial charge in [0.15, 0.2) is 17.7 Å². The second-order valence-corrected chi connectivity index (χ2v) is 5.80. The van der Waals surface area contributed by atoms with Gasteiger partial charge >= 0.3 is 5.97 Å². The van der Waals surface area contributed by atoms with Crippen LogP contribution in [-0.2, 0) is 14.3 Å². The summed E-state index contributed by atoms with van der Waals surface area (Å²) in [6, 6.07) is 6.06. The number of esters is 1. The summed E-state index contributed by atoms with van der Waals surface area (Å²) >= 11 is 0. The zero-order chi connectivity index (χ0) is 17.5. The quantitative estimate of drug-likeness (QED) is 0.749. The van der Waals surface area contributed by atoms with Crippen LogP contribution < -0.4 is 4.74 Å². The zero-order valence-electron chi connectivity index (χ0n) is 14.2. The molecule has 2 rings (SSSR count). The molecule has 0 unspecified atom stereocenters. The Morgan fingerprint density at radius 2 is 1.92 bits per heavy atom. The van der Waals surface area contributed by atoms with Gasteiger partial charge in [-0.15, -0.1) is 0 Å². The number of ether oxygens (including phenoxy) is 2. The van der Waals surface area contributed by atoms with E-state index in [2.05, 4.69) is 0 Å². The molecule has 0 N–H and O–H groups in total. The monoisotopic (exact) mass is 337 g/mol. The molecule has 0 radical (unpaired) electrons. The average molecular weight is 337 g/mol. The summed E-state index contributed by atoms with van der Waals surface area (Å²) in [6.07, 6.45) is 0.896. The predicted molar refractivity (Wildman–Crippen MR) is 87.0 cm³/mol. The van der Waals surface area contributed by atoms with Gasteiger partial charge in [-0.2, -0.15) is 0 Å². The summed E-state index contributed by atoms with van der Waals surface area (Å²) in [5.41, 5.74) is 0. The maximum Gasteiger partial charge on any atom is 0.309 e. The van der Waals surface area contributed by atoms with Gasteiger partial charge in [0.25, 0.3) is 5.91 Å². The maximum absolute atomic E-state index is 13.7. The van der Waals surface area contributed by atoms with Crippen LogP contribution in [0.15, 0.2) is 24.3 Å². The molecule has 1 amide bonds. The van der Waals surface area contributed by atoms with Crippen molar-refractivity contribution in [2.45, 2.75) is 39.2 Å². The van der Waals surface area contributed by atoms with Crippen molar-refractivity contribution in [2.24, 2.45) is 5.92 Å². The van der Waals surface area contributed by atoms with Gasteiger partial charge in [-0.3, -0.25) is 9.59 Å². The lowest BCUT2D eigenvalue weighted by Crippen LogP contribution is -2.46. The van der Waals surface area contributed by atoms with E-state index in [4.69, 9.17) is 9.47 Å². The van der Waals surface area contributed by atoms with E-state index in [1.165, 1.54) is 12.1 Å². The summed E-state index contributed by atoms with van der Waals surface area (Å²) in [4.78, 5) is 26.0. The summed E-state index contributed by atoms with van der Waals surface area (Å²) < 4.78 is 24.3. The SMILES string of the molecule is CCOC(=O)C1CCN(C(=O)[C@H](CC)Oc2ccccc2F)CC1. The van der Waals surface area contributed by atoms with Gasteiger partial charge < -0.3 is 14.4 Å². The van der Waals surface area contributed by atoms with Crippen molar-refractivity contribution in [3.8, 4) is 5.75 Å². The minimum absolute atomic E-state index is 0.0825. The molecule has 0 aromatic heterocycles. The first-order valence-electron chi connectivity index (χ1n) is 8.43. The number of carbonyl (C=O) groups is 2. The lowest BCUT2D eigenvalue weighted by Gasteiger charge is -2.33. The van der Waals surface area contributed by atoms with Crippen LogP contribution in [-0.4, -0.2) is 42.6 Å². The number of nitrogens with zero attached hydrogens (tertiary/aromatic N) is 1. The average Bonchev–Trinajstić information content (AvgIpc) is 2.61. The summed E-state index contributed by atoms with van der Waals surface area (Å²) in [5.74, 6) is -0.909. The third-order valence-corrected chi connectivity index (χ3v) is 4.18. The van der Waals surface area contributed by atoms with Crippen molar-refractivity contribution >= 4 is 11.9 Å². The van der Waals surface area contributed by atoms with Crippen LogP contribution in [0.3, 0.4) is 0 Å². The standard InChI is InChI=1S/C18H24FNO4/c1-3-15(24-16-8-6-5-7-14(16)19)17(21)20-11-9-13(10-12-20)18(22)23-4-2/h5-8,13,15H,3-4,9-12H2,1-2H3/t15-/m0/s1. The Balaban J connectivity index is 1.93. The highest BCUT2D eigenvalue weighted by Gasteiger charge is 2.31. The fraction of sp³-hybridized carbons (Fsp3) is 0.556. The van der Waals surface area contributed by atoms with Crippen molar-refractivity contribution in [3.05, 3.63) is 30.1 Å². The number of hydrogen-bond acceptors (Lipinski definition) is 4. The highest BCUT2D eigenvalue weighted by atomic mass is 19.1. The van der Waals surface area contributed by atoms with E-state index in [-0.39, 0.29) is 23.5 Å². The van der Waals surface area contributed by atoms with Crippen molar-refractivity contribution < 1.29 is 23.5 Å². The van der Waals surface area contributed by atoms with E-state index < -0.39 is 11.9 Å². The second kappa shape index (κ2) is 8.66. The normalized spacial score (nSPS) is 16.5. The molecule has 1 aromatic rings. The van der Waals surface area contributed by atoms with Crippen LogP contribution in [0.25, 0.3) is 0 Å². The molecule has 1 aromatic carbocycles. The molecule has 1 heterocycles. The van der Waals surface area contributed by atoms with Crippen LogP contribution in [0.1, 0.15) is 33.1 Å². The predicted octanol–water partition coefficient (Wildman–Crippen LogP) is 2.78. The van der Waals surface area contributed by atoms with Crippen LogP contribution in [0.4, 0.5) is 4.39 Å². The molecular formula is C18H24FNO4. The van der Waals surface area contributed by atoms with Gasteiger partial charge in [-0.25, -0.2) is 4.39 Å². The summed E-state index contributed by atoms with van der Waals surface area (Å²) in [6.45, 7) is 4.95. The molecule has 0 spiro atoms. The van der Waals surface area contributed by atoms with Crippen LogP contribution in [0.5, 0.6) is 5.75 Å². The van der Waals surface area contributed by atoms with E-state index >= 15 is 0 Å². The third kappa shape index (κ3) is 4.46. The number of rotatable bonds is 6. The van der Waals surface area contributed by atoms with Crippen molar-refractivity contribution in [1.29, 1.82) is 0 Å². The Bertz CT molecular complexity index is 570. The van der Waals surface area contributed by atoms with Crippen molar-refractivity contribution in [1.82, 2.24) is 4.90 Å². The first kappa shape index (κ1) is 18.2. The van der Waals surface area contributed by atoms with Gasteiger partial charge in [0.1, 0.15) is 0 Å². The van der Waals surface area contributed by atoms with E-state index in [1.54, 1.807) is 24.0 Å². The molecular weight excluding hydrogens is 313 g/mol. The topological polar surface area (TPSA) is 55.8 Å². The minimum Gasteiger partial charge on any atom is -0.478 e. The molecule has 1 saturated heterocycles. The highest BCUT2D eigenvalue weighted by Crippen LogP contribution is 2.22. The Labute approximate surface area is 141 Å². The number of piperidine rings is 1. The first-order chi connectivity index (χ1) is 11.6. The molecule has 24 heavy (non-hydrogen) atoms. The number of carbonyl (C=O) groups excluding carboxylic acids is 2.